The van der Waals surface area contributed by atoms with Crippen molar-refractivity contribution in [3.63, 3.8) is 0 Å². The topological polar surface area (TPSA) is 134 Å². The highest BCUT2D eigenvalue weighted by molar-refractivity contribution is 6.07. The number of nitrogens with zero attached hydrogens (tertiary/aromatic N) is 1. The molecule has 0 radical (unpaired) electrons. The van der Waals surface area contributed by atoms with Crippen LogP contribution in [0.5, 0.6) is 0 Å². The third-order valence-electron chi connectivity index (χ3n) is 4.85. The van der Waals surface area contributed by atoms with Crippen molar-refractivity contribution in [2.75, 3.05) is 13.2 Å². The van der Waals surface area contributed by atoms with E-state index in [0.717, 1.165) is 17.7 Å². The molecular formula is C17H26N4O6. The minimum absolute atomic E-state index is 0.0901. The molecule has 150 valence electrons. The van der Waals surface area contributed by atoms with E-state index in [9.17, 15) is 24.0 Å². The summed E-state index contributed by atoms with van der Waals surface area (Å²) in [5.74, 6) is -1.80. The highest BCUT2D eigenvalue weighted by atomic mass is 16.5. The molecule has 27 heavy (non-hydrogen) atoms. The van der Waals surface area contributed by atoms with Crippen molar-refractivity contribution >= 4 is 29.8 Å². The van der Waals surface area contributed by atoms with E-state index in [4.69, 9.17) is 4.74 Å². The first-order chi connectivity index (χ1) is 12.8. The maximum Gasteiger partial charge on any atom is 0.325 e. The average molecular weight is 382 g/mol. The van der Waals surface area contributed by atoms with Gasteiger partial charge >= 0.3 is 18.0 Å². The summed E-state index contributed by atoms with van der Waals surface area (Å²) in [6, 6.07) is -1.26. The largest absolute Gasteiger partial charge is 0.456 e. The lowest BCUT2D eigenvalue weighted by molar-refractivity contribution is -0.148. The van der Waals surface area contributed by atoms with E-state index < -0.39 is 36.1 Å². The Hall–Kier alpha value is -2.65. The molecule has 0 aromatic rings. The van der Waals surface area contributed by atoms with Gasteiger partial charge in [0.2, 0.25) is 0 Å². The lowest BCUT2D eigenvalue weighted by atomic mass is 9.98. The van der Waals surface area contributed by atoms with Crippen molar-refractivity contribution in [1.29, 1.82) is 0 Å². The Labute approximate surface area is 157 Å². The fraction of sp³-hybridized carbons (Fsp3) is 0.706. The number of carbonyl (C=O) groups excluding carboxylic acids is 5. The number of ether oxygens (including phenoxy) is 1. The van der Waals surface area contributed by atoms with Gasteiger partial charge in [0.1, 0.15) is 5.54 Å². The fourth-order valence-corrected chi connectivity index (χ4v) is 3.14. The second-order valence-electron chi connectivity index (χ2n) is 6.92. The first-order valence-corrected chi connectivity index (χ1v) is 9.17. The predicted molar refractivity (Wildman–Crippen MR) is 93.4 cm³/mol. The number of carbonyl (C=O) groups is 5. The van der Waals surface area contributed by atoms with Gasteiger partial charge in [-0.15, -0.1) is 0 Å². The summed E-state index contributed by atoms with van der Waals surface area (Å²) in [5.41, 5.74) is -0.816. The van der Waals surface area contributed by atoms with Crippen LogP contribution in [0.3, 0.4) is 0 Å². The van der Waals surface area contributed by atoms with Crippen LogP contribution < -0.4 is 16.0 Å². The van der Waals surface area contributed by atoms with Crippen LogP contribution >= 0.6 is 0 Å². The summed E-state index contributed by atoms with van der Waals surface area (Å²) in [4.78, 5) is 60.3. The molecule has 10 heteroatoms. The maximum absolute atomic E-state index is 12.4. The first kappa shape index (κ1) is 20.7. The molecule has 1 heterocycles. The Morgan fingerprint density at radius 3 is 2.56 bits per heavy atom. The molecule has 6 amide bonds. The number of nitrogens with one attached hydrogen (secondary N) is 3. The molecule has 1 spiro atoms. The molecule has 2 fully saturated rings. The van der Waals surface area contributed by atoms with Crippen LogP contribution in [0.1, 0.15) is 52.4 Å². The third-order valence-corrected chi connectivity index (χ3v) is 4.85. The van der Waals surface area contributed by atoms with E-state index in [0.29, 0.717) is 19.3 Å². The molecular weight excluding hydrogens is 356 g/mol. The van der Waals surface area contributed by atoms with Gasteiger partial charge in [0.25, 0.3) is 11.8 Å². The standard InChI is InChI=1S/C17H26N4O6/c1-3-11(2)18-15(25)19-12(22)10-27-13(23)6-9-21-14(24)17(20-16(21)26)7-4-5-8-17/h11H,3-10H2,1-2H3,(H,20,26)(H2,18,19,22,25)/t11-/m0/s1. The van der Waals surface area contributed by atoms with Crippen molar-refractivity contribution in [2.45, 2.75) is 64.0 Å². The van der Waals surface area contributed by atoms with Crippen LogP contribution in [0.2, 0.25) is 0 Å². The molecule has 0 bridgehead atoms. The number of esters is 1. The van der Waals surface area contributed by atoms with Gasteiger partial charge in [0.15, 0.2) is 6.61 Å². The SMILES string of the molecule is CC[C@H](C)NC(=O)NC(=O)COC(=O)CCN1C(=O)NC2(CCCC2)C1=O. The summed E-state index contributed by atoms with van der Waals surface area (Å²) >= 11 is 0. The third kappa shape index (κ3) is 5.18. The fourth-order valence-electron chi connectivity index (χ4n) is 3.14. The second-order valence-corrected chi connectivity index (χ2v) is 6.92. The molecule has 10 nitrogen and oxygen atoms in total. The van der Waals surface area contributed by atoms with Crippen molar-refractivity contribution in [1.82, 2.24) is 20.9 Å². The Bertz CT molecular complexity index is 629. The van der Waals surface area contributed by atoms with Crippen molar-refractivity contribution in [3.05, 3.63) is 0 Å². The molecule has 1 aliphatic carbocycles. The second kappa shape index (κ2) is 8.83. The van der Waals surface area contributed by atoms with E-state index in [-0.39, 0.29) is 24.9 Å². The quantitative estimate of drug-likeness (QED) is 0.431. The lowest BCUT2D eigenvalue weighted by Gasteiger charge is -2.19. The Balaban J connectivity index is 1.70. The van der Waals surface area contributed by atoms with E-state index in [1.54, 1.807) is 6.92 Å². The Kier molecular flexibility index (Phi) is 6.75. The number of amides is 6. The number of rotatable bonds is 7. The highest BCUT2D eigenvalue weighted by Crippen LogP contribution is 2.34. The predicted octanol–water partition coefficient (Wildman–Crippen LogP) is 0.409. The number of hydrogen-bond acceptors (Lipinski definition) is 6. The van der Waals surface area contributed by atoms with Crippen molar-refractivity contribution in [3.8, 4) is 0 Å². The molecule has 1 aliphatic heterocycles. The van der Waals surface area contributed by atoms with Crippen LogP contribution in [0.15, 0.2) is 0 Å². The molecule has 1 atom stereocenters. The van der Waals surface area contributed by atoms with E-state index >= 15 is 0 Å². The van der Waals surface area contributed by atoms with E-state index in [1.165, 1.54) is 0 Å². The zero-order valence-electron chi connectivity index (χ0n) is 15.6. The van der Waals surface area contributed by atoms with Crippen molar-refractivity contribution in [2.24, 2.45) is 0 Å². The van der Waals surface area contributed by atoms with Gasteiger partial charge in [-0.2, -0.15) is 0 Å². The van der Waals surface area contributed by atoms with Gasteiger partial charge in [-0.1, -0.05) is 19.8 Å². The number of urea groups is 2. The minimum atomic E-state index is -0.816. The number of hydrogen-bond donors (Lipinski definition) is 3. The van der Waals surface area contributed by atoms with Gasteiger partial charge in [-0.05, 0) is 26.2 Å². The van der Waals surface area contributed by atoms with Gasteiger partial charge < -0.3 is 15.4 Å². The van der Waals surface area contributed by atoms with Crippen LogP contribution in [0, 0.1) is 0 Å². The van der Waals surface area contributed by atoms with Crippen LogP contribution in [0.4, 0.5) is 9.59 Å². The van der Waals surface area contributed by atoms with Gasteiger partial charge in [0.05, 0.1) is 6.42 Å². The zero-order valence-corrected chi connectivity index (χ0v) is 15.6. The molecule has 1 saturated carbocycles. The van der Waals surface area contributed by atoms with E-state index in [1.807, 2.05) is 12.2 Å². The Morgan fingerprint density at radius 2 is 1.93 bits per heavy atom. The molecule has 2 rings (SSSR count). The summed E-state index contributed by atoms with van der Waals surface area (Å²) in [6.45, 7) is 2.95. The summed E-state index contributed by atoms with van der Waals surface area (Å²) in [7, 11) is 0. The molecule has 0 unspecified atom stereocenters. The maximum atomic E-state index is 12.4. The monoisotopic (exact) mass is 382 g/mol. The lowest BCUT2D eigenvalue weighted by Crippen LogP contribution is -2.44. The molecule has 1 saturated heterocycles. The molecule has 2 aliphatic rings. The van der Waals surface area contributed by atoms with Gasteiger partial charge in [-0.25, -0.2) is 9.59 Å². The average Bonchev–Trinajstić information content (AvgIpc) is 3.17. The minimum Gasteiger partial charge on any atom is -0.456 e. The van der Waals surface area contributed by atoms with Gasteiger partial charge in [-0.3, -0.25) is 24.6 Å². The van der Waals surface area contributed by atoms with Crippen LogP contribution in [-0.2, 0) is 19.1 Å². The van der Waals surface area contributed by atoms with Crippen LogP contribution in [0.25, 0.3) is 0 Å². The van der Waals surface area contributed by atoms with Gasteiger partial charge in [0, 0.05) is 12.6 Å². The van der Waals surface area contributed by atoms with Crippen molar-refractivity contribution < 1.29 is 28.7 Å². The van der Waals surface area contributed by atoms with E-state index in [2.05, 4.69) is 10.6 Å². The smallest absolute Gasteiger partial charge is 0.325 e. The summed E-state index contributed by atoms with van der Waals surface area (Å²) in [6.07, 6.45) is 3.46. The molecule has 0 aromatic carbocycles. The highest BCUT2D eigenvalue weighted by Gasteiger charge is 2.52. The molecule has 0 aromatic heterocycles. The first-order valence-electron chi connectivity index (χ1n) is 9.17. The summed E-state index contributed by atoms with van der Waals surface area (Å²) in [5, 5.41) is 7.32. The molecule has 3 N–H and O–H groups in total. The number of imide groups is 2. The Morgan fingerprint density at radius 1 is 1.26 bits per heavy atom. The zero-order chi connectivity index (χ0) is 20.0. The van der Waals surface area contributed by atoms with Crippen LogP contribution in [-0.4, -0.2) is 59.5 Å². The summed E-state index contributed by atoms with van der Waals surface area (Å²) < 4.78 is 4.78. The normalized spacial score (nSPS) is 19.0.